The lowest BCUT2D eigenvalue weighted by atomic mass is 10.1. The van der Waals surface area contributed by atoms with Crippen LogP contribution >= 0.6 is 0 Å². The van der Waals surface area contributed by atoms with Crippen molar-refractivity contribution in [2.75, 3.05) is 26.3 Å². The molecule has 1 fully saturated rings. The SMILES string of the molecule is CCN(Cc1nc2ccccc2c(=O)[nH]1)C(=O)CC1COCCN1. The molecule has 3 rings (SSSR count). The highest BCUT2D eigenvalue weighted by molar-refractivity contribution is 5.78. The second-order valence-electron chi connectivity index (χ2n) is 5.87. The number of nitrogens with one attached hydrogen (secondary N) is 2. The maximum Gasteiger partial charge on any atom is 0.258 e. The Labute approximate surface area is 140 Å². The number of rotatable bonds is 5. The quantitative estimate of drug-likeness (QED) is 0.840. The molecule has 0 bridgehead atoms. The zero-order valence-corrected chi connectivity index (χ0v) is 13.7. The number of hydrogen-bond acceptors (Lipinski definition) is 5. The van der Waals surface area contributed by atoms with Crippen LogP contribution in [0.3, 0.4) is 0 Å². The Morgan fingerprint density at radius 2 is 2.25 bits per heavy atom. The molecule has 0 spiro atoms. The van der Waals surface area contributed by atoms with Gasteiger partial charge < -0.3 is 19.9 Å². The fraction of sp³-hybridized carbons (Fsp3) is 0.471. The average Bonchev–Trinajstić information content (AvgIpc) is 2.60. The molecule has 0 radical (unpaired) electrons. The Bertz CT molecular complexity index is 768. The van der Waals surface area contributed by atoms with Crippen molar-refractivity contribution < 1.29 is 9.53 Å². The van der Waals surface area contributed by atoms with Crippen LogP contribution in [0.2, 0.25) is 0 Å². The van der Waals surface area contributed by atoms with Crippen molar-refractivity contribution in [3.05, 3.63) is 40.4 Å². The minimum atomic E-state index is -0.179. The Morgan fingerprint density at radius 3 is 3.00 bits per heavy atom. The Kier molecular flexibility index (Phi) is 5.22. The van der Waals surface area contributed by atoms with Gasteiger partial charge in [-0.2, -0.15) is 0 Å². The lowest BCUT2D eigenvalue weighted by molar-refractivity contribution is -0.133. The summed E-state index contributed by atoms with van der Waals surface area (Å²) in [6.07, 6.45) is 0.381. The number of carbonyl (C=O) groups excluding carboxylic acids is 1. The van der Waals surface area contributed by atoms with Crippen LogP contribution in [0, 0.1) is 0 Å². The number of H-pyrrole nitrogens is 1. The van der Waals surface area contributed by atoms with E-state index in [0.717, 1.165) is 6.54 Å². The van der Waals surface area contributed by atoms with E-state index >= 15 is 0 Å². The summed E-state index contributed by atoms with van der Waals surface area (Å²) in [6, 6.07) is 7.23. The standard InChI is InChI=1S/C17H22N4O3/c1-2-21(16(22)9-12-11-24-8-7-18-12)10-15-19-14-6-4-3-5-13(14)17(23)20-15/h3-6,12,18H,2,7-11H2,1H3,(H,19,20,23). The van der Waals surface area contributed by atoms with E-state index in [4.69, 9.17) is 4.74 Å². The van der Waals surface area contributed by atoms with E-state index in [1.165, 1.54) is 0 Å². The Morgan fingerprint density at radius 1 is 1.42 bits per heavy atom. The minimum absolute atomic E-state index is 0.0244. The molecular weight excluding hydrogens is 308 g/mol. The van der Waals surface area contributed by atoms with Crippen LogP contribution in [0.25, 0.3) is 10.9 Å². The molecule has 1 aliphatic heterocycles. The van der Waals surface area contributed by atoms with Crippen LogP contribution in [-0.4, -0.2) is 53.1 Å². The van der Waals surface area contributed by atoms with E-state index in [1.54, 1.807) is 23.1 Å². The molecule has 0 aliphatic carbocycles. The van der Waals surface area contributed by atoms with Gasteiger partial charge in [0, 0.05) is 25.6 Å². The molecule has 2 heterocycles. The van der Waals surface area contributed by atoms with Crippen LogP contribution in [0.15, 0.2) is 29.1 Å². The molecule has 7 nitrogen and oxygen atoms in total. The number of fused-ring (bicyclic) bond motifs is 1. The Balaban J connectivity index is 1.72. The van der Waals surface area contributed by atoms with Crippen LogP contribution in [0.5, 0.6) is 0 Å². The zero-order chi connectivity index (χ0) is 16.9. The van der Waals surface area contributed by atoms with Crippen molar-refractivity contribution in [2.45, 2.75) is 25.9 Å². The normalized spacial score (nSPS) is 17.8. The van der Waals surface area contributed by atoms with Gasteiger partial charge in [0.15, 0.2) is 0 Å². The molecule has 1 atom stereocenters. The third kappa shape index (κ3) is 3.80. The van der Waals surface area contributed by atoms with Gasteiger partial charge in [0.2, 0.25) is 5.91 Å². The number of benzene rings is 1. The van der Waals surface area contributed by atoms with Crippen molar-refractivity contribution >= 4 is 16.8 Å². The number of aromatic nitrogens is 2. The summed E-state index contributed by atoms with van der Waals surface area (Å²) in [6.45, 7) is 4.77. The number of morpholine rings is 1. The third-order valence-electron chi connectivity index (χ3n) is 4.16. The largest absolute Gasteiger partial charge is 0.378 e. The Hall–Kier alpha value is -2.25. The van der Waals surface area contributed by atoms with Crippen LogP contribution < -0.4 is 10.9 Å². The molecule has 1 aliphatic rings. The summed E-state index contributed by atoms with van der Waals surface area (Å²) >= 11 is 0. The number of para-hydroxylation sites is 1. The lowest BCUT2D eigenvalue weighted by Gasteiger charge is -2.26. The van der Waals surface area contributed by atoms with Gasteiger partial charge in [0.1, 0.15) is 5.82 Å². The smallest absolute Gasteiger partial charge is 0.258 e. The predicted molar refractivity (Wildman–Crippen MR) is 90.7 cm³/mol. The molecule has 2 N–H and O–H groups in total. The molecule has 128 valence electrons. The van der Waals surface area contributed by atoms with Crippen molar-refractivity contribution in [1.29, 1.82) is 0 Å². The first kappa shape index (κ1) is 16.6. The van der Waals surface area contributed by atoms with Gasteiger partial charge in [0.25, 0.3) is 5.56 Å². The number of amides is 1. The van der Waals surface area contributed by atoms with E-state index in [0.29, 0.717) is 49.5 Å². The van der Waals surface area contributed by atoms with Gasteiger partial charge in [-0.05, 0) is 19.1 Å². The summed E-state index contributed by atoms with van der Waals surface area (Å²) in [4.78, 5) is 33.6. The lowest BCUT2D eigenvalue weighted by Crippen LogP contribution is -2.45. The highest BCUT2D eigenvalue weighted by atomic mass is 16.5. The maximum absolute atomic E-state index is 12.5. The summed E-state index contributed by atoms with van der Waals surface area (Å²) < 4.78 is 5.39. The molecule has 24 heavy (non-hydrogen) atoms. The minimum Gasteiger partial charge on any atom is -0.378 e. The fourth-order valence-electron chi connectivity index (χ4n) is 2.86. The van der Waals surface area contributed by atoms with E-state index in [2.05, 4.69) is 15.3 Å². The van der Waals surface area contributed by atoms with E-state index in [9.17, 15) is 9.59 Å². The topological polar surface area (TPSA) is 87.3 Å². The first-order valence-corrected chi connectivity index (χ1v) is 8.24. The molecular formula is C17H22N4O3. The van der Waals surface area contributed by atoms with Crippen molar-refractivity contribution in [3.63, 3.8) is 0 Å². The van der Waals surface area contributed by atoms with Crippen LogP contribution in [-0.2, 0) is 16.1 Å². The fourth-order valence-corrected chi connectivity index (χ4v) is 2.86. The third-order valence-corrected chi connectivity index (χ3v) is 4.16. The van der Waals surface area contributed by atoms with E-state index < -0.39 is 0 Å². The van der Waals surface area contributed by atoms with Gasteiger partial charge in [-0.3, -0.25) is 9.59 Å². The van der Waals surface area contributed by atoms with Gasteiger partial charge >= 0.3 is 0 Å². The molecule has 2 aromatic rings. The van der Waals surface area contributed by atoms with E-state index in [1.807, 2.05) is 13.0 Å². The molecule has 1 amide bonds. The van der Waals surface area contributed by atoms with E-state index in [-0.39, 0.29) is 17.5 Å². The van der Waals surface area contributed by atoms with Crippen molar-refractivity contribution in [3.8, 4) is 0 Å². The maximum atomic E-state index is 12.5. The van der Waals surface area contributed by atoms with Gasteiger partial charge in [-0.25, -0.2) is 4.98 Å². The first-order valence-electron chi connectivity index (χ1n) is 8.24. The second kappa shape index (κ2) is 7.55. The summed E-state index contributed by atoms with van der Waals surface area (Å²) in [5.74, 6) is 0.526. The van der Waals surface area contributed by atoms with Gasteiger partial charge in [-0.15, -0.1) is 0 Å². The number of aromatic amines is 1. The molecule has 1 aromatic heterocycles. The summed E-state index contributed by atoms with van der Waals surface area (Å²) in [5, 5.41) is 3.83. The van der Waals surface area contributed by atoms with Gasteiger partial charge in [-0.1, -0.05) is 12.1 Å². The predicted octanol–water partition coefficient (Wildman–Crippen LogP) is 0.650. The highest BCUT2D eigenvalue weighted by Crippen LogP contribution is 2.09. The molecule has 7 heteroatoms. The molecule has 1 aromatic carbocycles. The number of carbonyl (C=O) groups is 1. The monoisotopic (exact) mass is 330 g/mol. The van der Waals surface area contributed by atoms with Crippen LogP contribution in [0.1, 0.15) is 19.2 Å². The average molecular weight is 330 g/mol. The highest BCUT2D eigenvalue weighted by Gasteiger charge is 2.21. The van der Waals surface area contributed by atoms with Gasteiger partial charge in [0.05, 0.1) is 30.7 Å². The zero-order valence-electron chi connectivity index (χ0n) is 13.7. The van der Waals surface area contributed by atoms with Crippen molar-refractivity contribution in [2.24, 2.45) is 0 Å². The molecule has 1 saturated heterocycles. The second-order valence-corrected chi connectivity index (χ2v) is 5.87. The van der Waals surface area contributed by atoms with Crippen molar-refractivity contribution in [1.82, 2.24) is 20.2 Å². The molecule has 1 unspecified atom stereocenters. The number of ether oxygens (including phenoxy) is 1. The number of hydrogen-bond donors (Lipinski definition) is 2. The van der Waals surface area contributed by atoms with Crippen LogP contribution in [0.4, 0.5) is 0 Å². The first-order chi connectivity index (χ1) is 11.7. The summed E-state index contributed by atoms with van der Waals surface area (Å²) in [5.41, 5.74) is 0.462. The molecule has 0 saturated carbocycles. The number of nitrogens with zero attached hydrogens (tertiary/aromatic N) is 2. The summed E-state index contributed by atoms with van der Waals surface area (Å²) in [7, 11) is 0.